The molecule has 1 aliphatic heterocycles. The summed E-state index contributed by atoms with van der Waals surface area (Å²) in [6.45, 7) is 9.04. The average molecular weight is 273 g/mol. The molecule has 5 heteroatoms. The molecular weight excluding hydrogens is 246 g/mol. The third kappa shape index (κ3) is 10.7. The lowest BCUT2D eigenvalue weighted by molar-refractivity contribution is -0.125. The van der Waals surface area contributed by atoms with Gasteiger partial charge in [-0.05, 0) is 19.0 Å². The summed E-state index contributed by atoms with van der Waals surface area (Å²) in [5, 5.41) is 8.34. The van der Waals surface area contributed by atoms with Crippen LogP contribution in [0.15, 0.2) is 12.8 Å². The zero-order chi connectivity index (χ0) is 14.3. The van der Waals surface area contributed by atoms with E-state index in [4.69, 9.17) is 14.6 Å². The van der Waals surface area contributed by atoms with E-state index in [1.54, 1.807) is 11.1 Å². The Morgan fingerprint density at radius 1 is 1.32 bits per heavy atom. The molecule has 19 heavy (non-hydrogen) atoms. The number of hydrogen-bond acceptors (Lipinski definition) is 4. The van der Waals surface area contributed by atoms with Crippen molar-refractivity contribution in [1.29, 1.82) is 0 Å². The Balaban J connectivity index is 0.000000356. The zero-order valence-corrected chi connectivity index (χ0v) is 12.0. The standard InChI is InChI=1S/C8H18O3.C6H9NO/c1-2-3-5-10-7-8-11-6-4-9;1-2-7-5-3-4-6(7)8/h9H,2-8H2,1H3;2H,1,3-5H2. The number of likely N-dealkylation sites (tertiary alicyclic amines) is 1. The lowest BCUT2D eigenvalue weighted by Crippen LogP contribution is -2.16. The van der Waals surface area contributed by atoms with Crippen LogP contribution in [0.3, 0.4) is 0 Å². The maximum atomic E-state index is 10.7. The fourth-order valence-corrected chi connectivity index (χ4v) is 1.49. The summed E-state index contributed by atoms with van der Waals surface area (Å²) in [4.78, 5) is 12.3. The van der Waals surface area contributed by atoms with E-state index in [2.05, 4.69) is 13.5 Å². The Hall–Kier alpha value is -0.910. The van der Waals surface area contributed by atoms with Gasteiger partial charge in [0.05, 0.1) is 26.4 Å². The van der Waals surface area contributed by atoms with E-state index in [1.165, 1.54) is 0 Å². The third-order valence-electron chi connectivity index (χ3n) is 2.58. The minimum Gasteiger partial charge on any atom is -0.394 e. The highest BCUT2D eigenvalue weighted by Crippen LogP contribution is 2.08. The van der Waals surface area contributed by atoms with E-state index in [-0.39, 0.29) is 12.5 Å². The van der Waals surface area contributed by atoms with Crippen LogP contribution >= 0.6 is 0 Å². The number of nitrogens with zero attached hydrogens (tertiary/aromatic N) is 1. The number of ether oxygens (including phenoxy) is 2. The van der Waals surface area contributed by atoms with Crippen LogP contribution in [0.5, 0.6) is 0 Å². The normalized spacial score (nSPS) is 14.2. The lowest BCUT2D eigenvalue weighted by atomic mass is 10.4. The van der Waals surface area contributed by atoms with Crippen LogP contribution < -0.4 is 0 Å². The van der Waals surface area contributed by atoms with Crippen molar-refractivity contribution in [3.05, 3.63) is 12.8 Å². The molecule has 1 rings (SSSR count). The van der Waals surface area contributed by atoms with Gasteiger partial charge in [-0.3, -0.25) is 4.79 Å². The Bertz CT molecular complexity index is 225. The first-order chi connectivity index (χ1) is 9.26. The molecule has 0 aromatic carbocycles. The fourth-order valence-electron chi connectivity index (χ4n) is 1.49. The topological polar surface area (TPSA) is 59.0 Å². The maximum Gasteiger partial charge on any atom is 0.226 e. The first-order valence-electron chi connectivity index (χ1n) is 6.94. The molecule has 0 bridgehead atoms. The molecule has 112 valence electrons. The van der Waals surface area contributed by atoms with Crippen LogP contribution in [-0.4, -0.2) is 55.5 Å². The van der Waals surface area contributed by atoms with Crippen LogP contribution in [0, 0.1) is 0 Å². The molecule has 0 unspecified atom stereocenters. The number of hydrogen-bond donors (Lipinski definition) is 1. The van der Waals surface area contributed by atoms with Gasteiger partial charge in [0.25, 0.3) is 0 Å². The highest BCUT2D eigenvalue weighted by molar-refractivity contribution is 5.78. The van der Waals surface area contributed by atoms with Crippen molar-refractivity contribution in [1.82, 2.24) is 4.90 Å². The van der Waals surface area contributed by atoms with Crippen molar-refractivity contribution in [3.8, 4) is 0 Å². The van der Waals surface area contributed by atoms with Crippen LogP contribution in [0.2, 0.25) is 0 Å². The van der Waals surface area contributed by atoms with Gasteiger partial charge in [-0.25, -0.2) is 0 Å². The van der Waals surface area contributed by atoms with Gasteiger partial charge in [0.2, 0.25) is 5.91 Å². The Labute approximate surface area is 116 Å². The van der Waals surface area contributed by atoms with Crippen LogP contribution in [0.4, 0.5) is 0 Å². The van der Waals surface area contributed by atoms with Crippen LogP contribution in [0.25, 0.3) is 0 Å². The molecule has 1 fully saturated rings. The first kappa shape index (κ1) is 18.1. The van der Waals surface area contributed by atoms with Gasteiger partial charge >= 0.3 is 0 Å². The number of unbranched alkanes of at least 4 members (excludes halogenated alkanes) is 1. The van der Waals surface area contributed by atoms with Crippen LogP contribution in [-0.2, 0) is 14.3 Å². The third-order valence-corrected chi connectivity index (χ3v) is 2.58. The van der Waals surface area contributed by atoms with Crippen molar-refractivity contribution >= 4 is 5.91 Å². The fraction of sp³-hybridized carbons (Fsp3) is 0.786. The van der Waals surface area contributed by atoms with E-state index in [1.807, 2.05) is 0 Å². The van der Waals surface area contributed by atoms with Gasteiger partial charge < -0.3 is 19.5 Å². The van der Waals surface area contributed by atoms with Crippen molar-refractivity contribution in [2.45, 2.75) is 32.6 Å². The second kappa shape index (κ2) is 13.5. The van der Waals surface area contributed by atoms with Crippen molar-refractivity contribution in [3.63, 3.8) is 0 Å². The molecule has 0 atom stereocenters. The predicted molar refractivity (Wildman–Crippen MR) is 74.8 cm³/mol. The van der Waals surface area contributed by atoms with Crippen LogP contribution in [0.1, 0.15) is 32.6 Å². The Kier molecular flexibility index (Phi) is 12.9. The molecule has 1 N–H and O–H groups in total. The summed E-state index contributed by atoms with van der Waals surface area (Å²) in [5.41, 5.74) is 0. The first-order valence-corrected chi connectivity index (χ1v) is 6.94. The van der Waals surface area contributed by atoms with Crippen molar-refractivity contribution < 1.29 is 19.4 Å². The Morgan fingerprint density at radius 3 is 2.42 bits per heavy atom. The molecule has 0 spiro atoms. The largest absolute Gasteiger partial charge is 0.394 e. The number of rotatable bonds is 9. The second-order valence-electron chi connectivity index (χ2n) is 4.18. The average Bonchev–Trinajstić information content (AvgIpc) is 2.84. The van der Waals surface area contributed by atoms with Gasteiger partial charge in [0.15, 0.2) is 0 Å². The minimum absolute atomic E-state index is 0.0922. The predicted octanol–water partition coefficient (Wildman–Crippen LogP) is 1.56. The van der Waals surface area contributed by atoms with Gasteiger partial charge in [-0.15, -0.1) is 0 Å². The van der Waals surface area contributed by atoms with E-state index in [0.717, 1.165) is 32.4 Å². The molecule has 1 aliphatic rings. The van der Waals surface area contributed by atoms with Gasteiger partial charge in [-0.1, -0.05) is 19.9 Å². The summed E-state index contributed by atoms with van der Waals surface area (Å²) < 4.78 is 10.2. The summed E-state index contributed by atoms with van der Waals surface area (Å²) in [6, 6.07) is 0. The molecule has 0 aromatic heterocycles. The number of amides is 1. The second-order valence-corrected chi connectivity index (χ2v) is 4.18. The number of aliphatic hydroxyl groups excluding tert-OH is 1. The SMILES string of the molecule is C=CN1CCCC1=O.CCCCOCCOCCO. The summed E-state index contributed by atoms with van der Waals surface area (Å²) in [5.74, 6) is 0.208. The maximum absolute atomic E-state index is 10.7. The van der Waals surface area contributed by atoms with Crippen molar-refractivity contribution in [2.75, 3.05) is 39.6 Å². The molecule has 0 saturated carbocycles. The van der Waals surface area contributed by atoms with Gasteiger partial charge in [0, 0.05) is 19.6 Å². The summed E-state index contributed by atoms with van der Waals surface area (Å²) >= 11 is 0. The summed E-state index contributed by atoms with van der Waals surface area (Å²) in [7, 11) is 0. The zero-order valence-electron chi connectivity index (χ0n) is 12.0. The number of aliphatic hydroxyl groups is 1. The molecule has 1 heterocycles. The van der Waals surface area contributed by atoms with Gasteiger partial charge in [0.1, 0.15) is 0 Å². The monoisotopic (exact) mass is 273 g/mol. The minimum atomic E-state index is 0.0922. The summed E-state index contributed by atoms with van der Waals surface area (Å²) in [6.07, 6.45) is 5.56. The van der Waals surface area contributed by atoms with E-state index < -0.39 is 0 Å². The van der Waals surface area contributed by atoms with Gasteiger partial charge in [-0.2, -0.15) is 0 Å². The molecule has 5 nitrogen and oxygen atoms in total. The molecule has 0 aromatic rings. The highest BCUT2D eigenvalue weighted by atomic mass is 16.5. The van der Waals surface area contributed by atoms with Crippen molar-refractivity contribution in [2.24, 2.45) is 0 Å². The van der Waals surface area contributed by atoms with E-state index in [9.17, 15) is 4.79 Å². The molecule has 1 amide bonds. The molecule has 0 aliphatic carbocycles. The molecule has 1 saturated heterocycles. The smallest absolute Gasteiger partial charge is 0.226 e. The number of carbonyl (C=O) groups excluding carboxylic acids is 1. The molecule has 0 radical (unpaired) electrons. The molecular formula is C14H27NO4. The quantitative estimate of drug-likeness (QED) is 0.648. The highest BCUT2D eigenvalue weighted by Gasteiger charge is 2.15. The lowest BCUT2D eigenvalue weighted by Gasteiger charge is -2.05. The van der Waals surface area contributed by atoms with E-state index >= 15 is 0 Å². The number of carbonyl (C=O) groups is 1. The Morgan fingerprint density at radius 2 is 2.00 bits per heavy atom. The van der Waals surface area contributed by atoms with E-state index in [0.29, 0.717) is 26.2 Å².